The van der Waals surface area contributed by atoms with Gasteiger partial charge in [-0.1, -0.05) is 6.07 Å². The van der Waals surface area contributed by atoms with Crippen molar-refractivity contribution in [1.29, 1.82) is 0 Å². The molecule has 0 bridgehead atoms. The number of benzene rings is 1. The zero-order valence-corrected chi connectivity index (χ0v) is 17.2. The van der Waals surface area contributed by atoms with Crippen molar-refractivity contribution in [2.45, 2.75) is 32.2 Å². The third-order valence-electron chi connectivity index (χ3n) is 6.03. The quantitative estimate of drug-likeness (QED) is 0.676. The van der Waals surface area contributed by atoms with Crippen molar-refractivity contribution in [3.8, 4) is 0 Å². The number of fused-ring (bicyclic) bond motifs is 1. The summed E-state index contributed by atoms with van der Waals surface area (Å²) in [5.41, 5.74) is 3.67. The number of amides is 2. The third-order valence-corrected chi connectivity index (χ3v) is 6.03. The highest BCUT2D eigenvalue weighted by molar-refractivity contribution is 6.04. The van der Waals surface area contributed by atoms with E-state index in [9.17, 15) is 9.59 Å². The van der Waals surface area contributed by atoms with Crippen molar-refractivity contribution in [3.63, 3.8) is 0 Å². The zero-order valence-electron chi connectivity index (χ0n) is 17.2. The summed E-state index contributed by atoms with van der Waals surface area (Å²) < 4.78 is 5.00. The summed E-state index contributed by atoms with van der Waals surface area (Å²) in [5.74, 6) is -0.643. The number of hydrogen-bond donors (Lipinski definition) is 1. The van der Waals surface area contributed by atoms with Gasteiger partial charge in [-0.05, 0) is 53.3 Å². The first-order valence-electron chi connectivity index (χ1n) is 10.7. The Morgan fingerprint density at radius 1 is 1.13 bits per heavy atom. The van der Waals surface area contributed by atoms with Crippen LogP contribution in [0.2, 0.25) is 0 Å². The van der Waals surface area contributed by atoms with Gasteiger partial charge in [0.15, 0.2) is 11.0 Å². The average molecular weight is 420 g/mol. The fourth-order valence-electron chi connectivity index (χ4n) is 4.39. The number of nitrogens with one attached hydrogen (secondary N) is 1. The molecule has 1 N–H and O–H groups in total. The minimum Gasteiger partial charge on any atom is -0.370 e. The van der Waals surface area contributed by atoms with Gasteiger partial charge in [0.2, 0.25) is 11.8 Å². The Morgan fingerprint density at radius 2 is 1.97 bits per heavy atom. The largest absolute Gasteiger partial charge is 0.370 e. The van der Waals surface area contributed by atoms with Gasteiger partial charge in [0, 0.05) is 45.0 Å². The molecule has 1 unspecified atom stereocenters. The molecule has 4 heterocycles. The lowest BCUT2D eigenvalue weighted by Gasteiger charge is -2.28. The maximum absolute atomic E-state index is 12.9. The molecule has 1 aromatic carbocycles. The van der Waals surface area contributed by atoms with E-state index >= 15 is 0 Å². The summed E-state index contributed by atoms with van der Waals surface area (Å²) in [6, 6.07) is 7.57. The molecule has 31 heavy (non-hydrogen) atoms. The van der Waals surface area contributed by atoms with E-state index in [1.54, 1.807) is 17.3 Å². The van der Waals surface area contributed by atoms with Crippen LogP contribution in [0.25, 0.3) is 11.0 Å². The number of carbonyl (C=O) groups excluding carboxylic acids is 2. The van der Waals surface area contributed by atoms with Gasteiger partial charge in [0.1, 0.15) is 0 Å². The molecule has 2 fully saturated rings. The Labute approximate surface area is 179 Å². The number of anilines is 2. The predicted molar refractivity (Wildman–Crippen MR) is 114 cm³/mol. The number of likely N-dealkylation sites (tertiary alicyclic amines) is 1. The van der Waals surface area contributed by atoms with Gasteiger partial charge >= 0.3 is 0 Å². The van der Waals surface area contributed by atoms with Crippen LogP contribution < -0.4 is 10.2 Å². The number of piperidine rings is 1. The normalized spacial score (nSPS) is 19.2. The minimum atomic E-state index is -0.416. The topological polar surface area (TPSA) is 104 Å². The van der Waals surface area contributed by atoms with Gasteiger partial charge in [-0.3, -0.25) is 14.6 Å². The first-order chi connectivity index (χ1) is 15.2. The maximum Gasteiger partial charge on any atom is 0.229 e. The lowest BCUT2D eigenvalue weighted by molar-refractivity contribution is -0.128. The number of pyridine rings is 1. The minimum absolute atomic E-state index is 0.0299. The molecule has 0 aliphatic carbocycles. The van der Waals surface area contributed by atoms with Crippen molar-refractivity contribution in [2.75, 3.05) is 29.9 Å². The molecule has 2 aromatic heterocycles. The highest BCUT2D eigenvalue weighted by atomic mass is 16.6. The van der Waals surface area contributed by atoms with Gasteiger partial charge in [-0.15, -0.1) is 0 Å². The van der Waals surface area contributed by atoms with Crippen molar-refractivity contribution in [3.05, 3.63) is 42.2 Å². The SMILES string of the molecule is O=C(Nc1ccc(N2CCCCC2)c2nonc12)C1CC(=O)N(Cc2cccnc2)C1. The molecule has 2 aliphatic heterocycles. The summed E-state index contributed by atoms with van der Waals surface area (Å²) in [6.07, 6.45) is 7.16. The lowest BCUT2D eigenvalue weighted by atomic mass is 10.1. The standard InChI is InChI=1S/C22H24N6O3/c29-19-11-16(14-28(19)13-15-5-4-8-23-12-15)22(30)24-17-6-7-18(21-20(17)25-31-26-21)27-9-2-1-3-10-27/h4-8,12,16H,1-3,9-11,13-14H2,(H,24,30). The van der Waals surface area contributed by atoms with E-state index in [1.165, 1.54) is 6.42 Å². The molecule has 9 heteroatoms. The van der Waals surface area contributed by atoms with Crippen LogP contribution in [-0.2, 0) is 16.1 Å². The van der Waals surface area contributed by atoms with Gasteiger partial charge in [-0.2, -0.15) is 0 Å². The highest BCUT2D eigenvalue weighted by Gasteiger charge is 2.34. The Morgan fingerprint density at radius 3 is 2.77 bits per heavy atom. The average Bonchev–Trinajstić information content (AvgIpc) is 3.43. The van der Waals surface area contributed by atoms with Crippen LogP contribution in [0.3, 0.4) is 0 Å². The van der Waals surface area contributed by atoms with E-state index in [4.69, 9.17) is 4.63 Å². The van der Waals surface area contributed by atoms with Crippen LogP contribution in [0.1, 0.15) is 31.2 Å². The van der Waals surface area contributed by atoms with Gasteiger partial charge < -0.3 is 15.1 Å². The molecule has 0 saturated carbocycles. The van der Waals surface area contributed by atoms with Crippen molar-refractivity contribution in [1.82, 2.24) is 20.2 Å². The van der Waals surface area contributed by atoms with E-state index in [2.05, 4.69) is 25.5 Å². The summed E-state index contributed by atoms with van der Waals surface area (Å²) in [6.45, 7) is 2.79. The number of aromatic nitrogens is 3. The van der Waals surface area contributed by atoms with Crippen LogP contribution in [-0.4, -0.2) is 51.6 Å². The lowest BCUT2D eigenvalue weighted by Crippen LogP contribution is -2.30. The van der Waals surface area contributed by atoms with Gasteiger partial charge in [0.05, 0.1) is 17.3 Å². The number of carbonyl (C=O) groups is 2. The van der Waals surface area contributed by atoms with E-state index in [-0.39, 0.29) is 18.2 Å². The van der Waals surface area contributed by atoms with E-state index < -0.39 is 5.92 Å². The molecule has 1 atom stereocenters. The van der Waals surface area contributed by atoms with Crippen molar-refractivity contribution >= 4 is 34.2 Å². The summed E-state index contributed by atoms with van der Waals surface area (Å²) in [5, 5.41) is 11.0. The number of rotatable bonds is 5. The number of nitrogens with zero attached hydrogens (tertiary/aromatic N) is 5. The maximum atomic E-state index is 12.9. The second-order valence-electron chi connectivity index (χ2n) is 8.17. The van der Waals surface area contributed by atoms with Crippen LogP contribution >= 0.6 is 0 Å². The monoisotopic (exact) mass is 420 g/mol. The Hall–Kier alpha value is -3.49. The predicted octanol–water partition coefficient (Wildman–Crippen LogP) is 2.60. The van der Waals surface area contributed by atoms with E-state index in [0.29, 0.717) is 29.8 Å². The highest BCUT2D eigenvalue weighted by Crippen LogP contribution is 2.32. The van der Waals surface area contributed by atoms with Crippen molar-refractivity contribution in [2.24, 2.45) is 5.92 Å². The van der Waals surface area contributed by atoms with E-state index in [1.807, 2.05) is 24.3 Å². The molecule has 2 amide bonds. The number of hydrogen-bond acceptors (Lipinski definition) is 7. The molecular weight excluding hydrogens is 396 g/mol. The zero-order chi connectivity index (χ0) is 21.2. The molecule has 5 rings (SSSR count). The third kappa shape index (κ3) is 3.95. The molecule has 160 valence electrons. The molecule has 9 nitrogen and oxygen atoms in total. The smallest absolute Gasteiger partial charge is 0.229 e. The fourth-order valence-corrected chi connectivity index (χ4v) is 4.39. The van der Waals surface area contributed by atoms with E-state index in [0.717, 1.165) is 37.2 Å². The second-order valence-corrected chi connectivity index (χ2v) is 8.17. The first-order valence-corrected chi connectivity index (χ1v) is 10.7. The van der Waals surface area contributed by atoms with Gasteiger partial charge in [0.25, 0.3) is 0 Å². The second kappa shape index (κ2) is 8.33. The molecular formula is C22H24N6O3. The summed E-state index contributed by atoms with van der Waals surface area (Å²) >= 11 is 0. The van der Waals surface area contributed by atoms with Crippen LogP contribution in [0.15, 0.2) is 41.3 Å². The van der Waals surface area contributed by atoms with Crippen LogP contribution in [0.4, 0.5) is 11.4 Å². The van der Waals surface area contributed by atoms with Crippen LogP contribution in [0.5, 0.6) is 0 Å². The van der Waals surface area contributed by atoms with Gasteiger partial charge in [-0.25, -0.2) is 4.63 Å². The molecule has 2 saturated heterocycles. The fraction of sp³-hybridized carbons (Fsp3) is 0.409. The molecule has 0 radical (unpaired) electrons. The van der Waals surface area contributed by atoms with Crippen molar-refractivity contribution < 1.29 is 14.2 Å². The Balaban J connectivity index is 1.29. The summed E-state index contributed by atoms with van der Waals surface area (Å²) in [4.78, 5) is 33.4. The Kier molecular flexibility index (Phi) is 5.23. The molecule has 0 spiro atoms. The first kappa shape index (κ1) is 19.5. The molecule has 2 aliphatic rings. The molecule has 3 aromatic rings. The summed E-state index contributed by atoms with van der Waals surface area (Å²) in [7, 11) is 0. The Bertz CT molecular complexity index is 1090. The van der Waals surface area contributed by atoms with Crippen LogP contribution in [0, 0.1) is 5.92 Å².